The Labute approximate surface area is 166 Å². The highest BCUT2D eigenvalue weighted by Gasteiger charge is 2.28. The Morgan fingerprint density at radius 1 is 1.07 bits per heavy atom. The lowest BCUT2D eigenvalue weighted by Gasteiger charge is -2.31. The van der Waals surface area contributed by atoms with E-state index in [-0.39, 0.29) is 30.6 Å². The van der Waals surface area contributed by atoms with Crippen molar-refractivity contribution in [2.45, 2.75) is 53.1 Å². The molecule has 0 bridgehead atoms. The van der Waals surface area contributed by atoms with Gasteiger partial charge in [0.25, 0.3) is 0 Å². The SMILES string of the molecule is CCNC(=O)[C@H](CC)N(Cc1ccc(F)cc1)C(=O)Cc1cc(C)ccc1C. The second kappa shape index (κ2) is 10.0. The molecule has 0 unspecified atom stereocenters. The van der Waals surface area contributed by atoms with Gasteiger partial charge in [-0.15, -0.1) is 0 Å². The van der Waals surface area contributed by atoms with Gasteiger partial charge in [-0.05, 0) is 56.0 Å². The van der Waals surface area contributed by atoms with Gasteiger partial charge in [-0.25, -0.2) is 4.39 Å². The lowest BCUT2D eigenvalue weighted by molar-refractivity contribution is -0.140. The zero-order chi connectivity index (χ0) is 20.7. The molecular weight excluding hydrogens is 355 g/mol. The molecule has 0 aliphatic rings. The largest absolute Gasteiger partial charge is 0.355 e. The van der Waals surface area contributed by atoms with E-state index in [4.69, 9.17) is 0 Å². The number of rotatable bonds is 8. The molecule has 0 saturated heterocycles. The van der Waals surface area contributed by atoms with Crippen LogP contribution >= 0.6 is 0 Å². The van der Waals surface area contributed by atoms with Crippen LogP contribution in [0.1, 0.15) is 42.5 Å². The molecule has 4 nitrogen and oxygen atoms in total. The number of amides is 2. The Kier molecular flexibility index (Phi) is 7.73. The highest BCUT2D eigenvalue weighted by molar-refractivity contribution is 5.88. The normalized spacial score (nSPS) is 11.8. The number of nitrogens with one attached hydrogen (secondary N) is 1. The lowest BCUT2D eigenvalue weighted by Crippen LogP contribution is -2.49. The van der Waals surface area contributed by atoms with E-state index in [2.05, 4.69) is 5.32 Å². The van der Waals surface area contributed by atoms with E-state index >= 15 is 0 Å². The van der Waals surface area contributed by atoms with Gasteiger partial charge in [0.1, 0.15) is 11.9 Å². The first-order chi connectivity index (χ1) is 13.3. The fourth-order valence-corrected chi connectivity index (χ4v) is 3.25. The smallest absolute Gasteiger partial charge is 0.242 e. The van der Waals surface area contributed by atoms with E-state index < -0.39 is 6.04 Å². The zero-order valence-electron chi connectivity index (χ0n) is 17.1. The zero-order valence-corrected chi connectivity index (χ0v) is 17.1. The average molecular weight is 384 g/mol. The maximum atomic E-state index is 13.3. The maximum absolute atomic E-state index is 13.3. The molecule has 0 saturated carbocycles. The van der Waals surface area contributed by atoms with Gasteiger partial charge < -0.3 is 10.2 Å². The molecule has 1 atom stereocenters. The Morgan fingerprint density at radius 3 is 2.36 bits per heavy atom. The minimum absolute atomic E-state index is 0.115. The van der Waals surface area contributed by atoms with Crippen molar-refractivity contribution in [1.82, 2.24) is 10.2 Å². The summed E-state index contributed by atoms with van der Waals surface area (Å²) >= 11 is 0. The highest BCUT2D eigenvalue weighted by atomic mass is 19.1. The van der Waals surface area contributed by atoms with E-state index in [1.807, 2.05) is 45.9 Å². The van der Waals surface area contributed by atoms with Crippen LogP contribution in [0.25, 0.3) is 0 Å². The number of aryl methyl sites for hydroxylation is 2. The highest BCUT2D eigenvalue weighted by Crippen LogP contribution is 2.17. The Balaban J connectivity index is 2.32. The minimum Gasteiger partial charge on any atom is -0.355 e. The molecule has 28 heavy (non-hydrogen) atoms. The van der Waals surface area contributed by atoms with E-state index in [1.165, 1.54) is 12.1 Å². The van der Waals surface area contributed by atoms with Crippen LogP contribution in [-0.2, 0) is 22.6 Å². The topological polar surface area (TPSA) is 49.4 Å². The summed E-state index contributed by atoms with van der Waals surface area (Å²) in [5.41, 5.74) is 3.89. The second-order valence-electron chi connectivity index (χ2n) is 7.07. The summed E-state index contributed by atoms with van der Waals surface area (Å²) in [5.74, 6) is -0.606. The van der Waals surface area contributed by atoms with Gasteiger partial charge in [-0.1, -0.05) is 42.8 Å². The third-order valence-electron chi connectivity index (χ3n) is 4.85. The van der Waals surface area contributed by atoms with Crippen molar-refractivity contribution in [3.05, 3.63) is 70.5 Å². The monoisotopic (exact) mass is 384 g/mol. The number of carbonyl (C=O) groups is 2. The molecule has 0 aliphatic heterocycles. The number of hydrogen-bond donors (Lipinski definition) is 1. The Hall–Kier alpha value is -2.69. The molecule has 0 heterocycles. The van der Waals surface area contributed by atoms with Gasteiger partial charge in [0.2, 0.25) is 11.8 Å². The molecule has 2 rings (SSSR count). The second-order valence-corrected chi connectivity index (χ2v) is 7.07. The van der Waals surface area contributed by atoms with Crippen LogP contribution in [0.5, 0.6) is 0 Å². The minimum atomic E-state index is -0.567. The molecule has 2 aromatic carbocycles. The van der Waals surface area contributed by atoms with Crippen LogP contribution < -0.4 is 5.32 Å². The summed E-state index contributed by atoms with van der Waals surface area (Å²) in [4.78, 5) is 27.4. The molecule has 2 aromatic rings. The third-order valence-corrected chi connectivity index (χ3v) is 4.85. The summed E-state index contributed by atoms with van der Waals surface area (Å²) < 4.78 is 13.3. The molecule has 0 aliphatic carbocycles. The number of likely N-dealkylation sites (N-methyl/N-ethyl adjacent to an activating group) is 1. The van der Waals surface area contributed by atoms with Crippen LogP contribution in [-0.4, -0.2) is 29.3 Å². The van der Waals surface area contributed by atoms with Crippen molar-refractivity contribution in [1.29, 1.82) is 0 Å². The van der Waals surface area contributed by atoms with Gasteiger partial charge in [0.05, 0.1) is 6.42 Å². The van der Waals surface area contributed by atoms with E-state index in [9.17, 15) is 14.0 Å². The average Bonchev–Trinajstić information content (AvgIpc) is 2.66. The number of benzene rings is 2. The maximum Gasteiger partial charge on any atom is 0.242 e. The number of carbonyl (C=O) groups excluding carboxylic acids is 2. The fraction of sp³-hybridized carbons (Fsp3) is 0.391. The molecule has 2 amide bonds. The Bertz CT molecular complexity index is 818. The molecule has 5 heteroatoms. The lowest BCUT2D eigenvalue weighted by atomic mass is 10.0. The van der Waals surface area contributed by atoms with Crippen LogP contribution in [0.15, 0.2) is 42.5 Å². The molecule has 0 spiro atoms. The third kappa shape index (κ3) is 5.65. The number of nitrogens with zero attached hydrogens (tertiary/aromatic N) is 1. The first-order valence-corrected chi connectivity index (χ1v) is 9.73. The summed E-state index contributed by atoms with van der Waals surface area (Å²) in [5, 5.41) is 2.82. The van der Waals surface area contributed by atoms with E-state index in [1.54, 1.807) is 17.0 Å². The van der Waals surface area contributed by atoms with Crippen LogP contribution in [0, 0.1) is 19.7 Å². The van der Waals surface area contributed by atoms with Gasteiger partial charge >= 0.3 is 0 Å². The predicted octanol–water partition coefficient (Wildman–Crippen LogP) is 3.93. The van der Waals surface area contributed by atoms with Crippen molar-refractivity contribution >= 4 is 11.8 Å². The van der Waals surface area contributed by atoms with Crippen LogP contribution in [0.2, 0.25) is 0 Å². The van der Waals surface area contributed by atoms with Crippen molar-refractivity contribution in [2.24, 2.45) is 0 Å². The predicted molar refractivity (Wildman–Crippen MR) is 109 cm³/mol. The van der Waals surface area contributed by atoms with Gasteiger partial charge in [-0.3, -0.25) is 9.59 Å². The summed E-state index contributed by atoms with van der Waals surface area (Å²) in [6.07, 6.45) is 0.732. The van der Waals surface area contributed by atoms with Crippen molar-refractivity contribution in [3.63, 3.8) is 0 Å². The Morgan fingerprint density at radius 2 is 1.75 bits per heavy atom. The molecule has 0 fully saturated rings. The van der Waals surface area contributed by atoms with Crippen LogP contribution in [0.4, 0.5) is 4.39 Å². The summed E-state index contributed by atoms with van der Waals surface area (Å²) in [6.45, 7) is 8.49. The summed E-state index contributed by atoms with van der Waals surface area (Å²) in [7, 11) is 0. The van der Waals surface area contributed by atoms with Crippen molar-refractivity contribution in [3.8, 4) is 0 Å². The molecule has 0 aromatic heterocycles. The molecular formula is C23H29FN2O2. The number of halogens is 1. The van der Waals surface area contributed by atoms with E-state index in [0.29, 0.717) is 13.0 Å². The molecule has 150 valence electrons. The summed E-state index contributed by atoms with van der Waals surface area (Å²) in [6, 6.07) is 11.5. The first-order valence-electron chi connectivity index (χ1n) is 9.73. The van der Waals surface area contributed by atoms with Crippen molar-refractivity contribution < 1.29 is 14.0 Å². The van der Waals surface area contributed by atoms with Crippen LogP contribution in [0.3, 0.4) is 0 Å². The van der Waals surface area contributed by atoms with Gasteiger partial charge in [0.15, 0.2) is 0 Å². The van der Waals surface area contributed by atoms with Crippen molar-refractivity contribution in [2.75, 3.05) is 6.54 Å². The quantitative estimate of drug-likeness (QED) is 0.750. The van der Waals surface area contributed by atoms with E-state index in [0.717, 1.165) is 22.3 Å². The first kappa shape index (κ1) is 21.6. The van der Waals surface area contributed by atoms with Gasteiger partial charge in [-0.2, -0.15) is 0 Å². The fourth-order valence-electron chi connectivity index (χ4n) is 3.25. The molecule has 1 N–H and O–H groups in total. The number of hydrogen-bond acceptors (Lipinski definition) is 2. The van der Waals surface area contributed by atoms with Gasteiger partial charge in [0, 0.05) is 13.1 Å². The standard InChI is InChI=1S/C23H29FN2O2/c1-5-21(23(28)25-6-2)26(15-18-9-11-20(24)12-10-18)22(27)14-19-13-16(3)7-8-17(19)4/h7-13,21H,5-6,14-15H2,1-4H3,(H,25,28)/t21-/m0/s1. The molecule has 0 radical (unpaired) electrons.